The Hall–Kier alpha value is -5.28. The molecule has 3 heterocycles. The highest BCUT2D eigenvalue weighted by Gasteiger charge is 2.17. The fourth-order valence-electron chi connectivity index (χ4n) is 6.29. The number of aromatic nitrogens is 1. The predicted molar refractivity (Wildman–Crippen MR) is 161 cm³/mol. The second-order valence-electron chi connectivity index (χ2n) is 10.1. The molecule has 3 heteroatoms. The van der Waals surface area contributed by atoms with Crippen LogP contribution in [0, 0.1) is 0 Å². The van der Waals surface area contributed by atoms with Gasteiger partial charge < -0.3 is 13.4 Å². The topological polar surface area (TPSA) is 31.2 Å². The highest BCUT2D eigenvalue weighted by atomic mass is 16.3. The Balaban J connectivity index is 1.27. The van der Waals surface area contributed by atoms with Gasteiger partial charge in [0.05, 0.1) is 11.0 Å². The first-order chi connectivity index (χ1) is 19.3. The van der Waals surface area contributed by atoms with Crippen LogP contribution in [0.4, 0.5) is 0 Å². The molecule has 0 bridgehead atoms. The maximum Gasteiger partial charge on any atom is 0.137 e. The second kappa shape index (κ2) is 7.62. The van der Waals surface area contributed by atoms with E-state index < -0.39 is 0 Å². The molecule has 0 aliphatic rings. The summed E-state index contributed by atoms with van der Waals surface area (Å²) in [5, 5.41) is 7.01. The molecule has 182 valence electrons. The third-order valence-corrected chi connectivity index (χ3v) is 8.01. The Morgan fingerprint density at radius 2 is 1.03 bits per heavy atom. The maximum absolute atomic E-state index is 6.48. The molecule has 0 aliphatic carbocycles. The summed E-state index contributed by atoms with van der Waals surface area (Å²) in [7, 11) is 0. The summed E-state index contributed by atoms with van der Waals surface area (Å²) in [5.41, 5.74) is 9.28. The second-order valence-corrected chi connectivity index (χ2v) is 10.1. The van der Waals surface area contributed by atoms with Crippen molar-refractivity contribution >= 4 is 65.7 Å². The quantitative estimate of drug-likeness (QED) is 0.237. The normalized spacial score (nSPS) is 12.1. The number of hydrogen-bond acceptors (Lipinski definition) is 2. The number of benzene rings is 6. The molecule has 9 rings (SSSR count). The largest absolute Gasteiger partial charge is 0.456 e. The lowest BCUT2D eigenvalue weighted by molar-refractivity contribution is 0.668. The van der Waals surface area contributed by atoms with Gasteiger partial charge in [-0.2, -0.15) is 0 Å². The van der Waals surface area contributed by atoms with E-state index in [9.17, 15) is 0 Å². The van der Waals surface area contributed by atoms with Gasteiger partial charge in [-0.1, -0.05) is 72.8 Å². The van der Waals surface area contributed by atoms with Crippen molar-refractivity contribution in [3.8, 4) is 16.8 Å². The SMILES string of the molecule is c1ccc2c(c1)oc1cc(-c3cccc4oc5cc(-n6c7ccccc7c7ccccc76)ccc5c34)ccc12. The first-order valence-corrected chi connectivity index (χ1v) is 13.2. The average molecular weight is 500 g/mol. The number of hydrogen-bond donors (Lipinski definition) is 0. The van der Waals surface area contributed by atoms with E-state index in [0.717, 1.165) is 60.7 Å². The van der Waals surface area contributed by atoms with Gasteiger partial charge in [0.1, 0.15) is 22.3 Å². The van der Waals surface area contributed by atoms with E-state index in [2.05, 4.69) is 120 Å². The zero-order valence-electron chi connectivity index (χ0n) is 20.9. The molecule has 0 amide bonds. The molecule has 0 spiro atoms. The van der Waals surface area contributed by atoms with E-state index in [1.54, 1.807) is 0 Å². The van der Waals surface area contributed by atoms with E-state index in [1.807, 2.05) is 12.1 Å². The third-order valence-electron chi connectivity index (χ3n) is 8.01. The maximum atomic E-state index is 6.48. The van der Waals surface area contributed by atoms with Crippen LogP contribution < -0.4 is 0 Å². The zero-order chi connectivity index (χ0) is 25.5. The number of furan rings is 2. The average Bonchev–Trinajstić information content (AvgIpc) is 3.65. The standard InChI is InChI=1S/C36H21NO2/c1-4-12-30-25(8-1)26-9-2-5-13-31(26)37(30)23-17-19-29-35(21-23)39-33-15-7-11-24(36(29)33)22-16-18-28-27-10-3-6-14-32(27)38-34(28)20-22/h1-21H. The molecule has 0 saturated heterocycles. The Bertz CT molecular complexity index is 2350. The molecular weight excluding hydrogens is 478 g/mol. The Morgan fingerprint density at radius 3 is 1.85 bits per heavy atom. The van der Waals surface area contributed by atoms with E-state index >= 15 is 0 Å². The third kappa shape index (κ3) is 2.87. The lowest BCUT2D eigenvalue weighted by atomic mass is 9.98. The number of fused-ring (bicyclic) bond motifs is 9. The lowest BCUT2D eigenvalue weighted by Crippen LogP contribution is -1.93. The minimum absolute atomic E-state index is 0.877. The minimum Gasteiger partial charge on any atom is -0.456 e. The zero-order valence-corrected chi connectivity index (χ0v) is 20.9. The van der Waals surface area contributed by atoms with E-state index in [4.69, 9.17) is 8.83 Å². The Kier molecular flexibility index (Phi) is 4.05. The van der Waals surface area contributed by atoms with Gasteiger partial charge >= 0.3 is 0 Å². The van der Waals surface area contributed by atoms with Gasteiger partial charge in [-0.15, -0.1) is 0 Å². The monoisotopic (exact) mass is 499 g/mol. The van der Waals surface area contributed by atoms with E-state index in [1.165, 1.54) is 21.8 Å². The molecule has 6 aromatic carbocycles. The van der Waals surface area contributed by atoms with Crippen LogP contribution in [0.25, 0.3) is 82.5 Å². The van der Waals surface area contributed by atoms with Crippen LogP contribution in [0.1, 0.15) is 0 Å². The molecule has 0 aliphatic heterocycles. The smallest absolute Gasteiger partial charge is 0.137 e. The number of rotatable bonds is 2. The molecule has 0 radical (unpaired) electrons. The summed E-state index contributed by atoms with van der Waals surface area (Å²) in [6, 6.07) is 44.7. The van der Waals surface area contributed by atoms with Crippen LogP contribution in [0.5, 0.6) is 0 Å². The van der Waals surface area contributed by atoms with Gasteiger partial charge in [0.2, 0.25) is 0 Å². The van der Waals surface area contributed by atoms with Crippen molar-refractivity contribution in [2.45, 2.75) is 0 Å². The Labute approximate surface area is 223 Å². The minimum atomic E-state index is 0.877. The van der Waals surface area contributed by atoms with Gasteiger partial charge in [0.25, 0.3) is 0 Å². The summed E-state index contributed by atoms with van der Waals surface area (Å²) in [5.74, 6) is 0. The first kappa shape index (κ1) is 20.7. The van der Waals surface area contributed by atoms with Crippen molar-refractivity contribution in [3.05, 3.63) is 127 Å². The van der Waals surface area contributed by atoms with Crippen LogP contribution in [-0.2, 0) is 0 Å². The Morgan fingerprint density at radius 1 is 0.410 bits per heavy atom. The van der Waals surface area contributed by atoms with Crippen molar-refractivity contribution in [2.75, 3.05) is 0 Å². The summed E-state index contributed by atoms with van der Waals surface area (Å²) in [4.78, 5) is 0. The van der Waals surface area contributed by atoms with Crippen molar-refractivity contribution in [1.29, 1.82) is 0 Å². The van der Waals surface area contributed by atoms with Gasteiger partial charge in [-0.3, -0.25) is 0 Å². The van der Waals surface area contributed by atoms with Crippen molar-refractivity contribution in [3.63, 3.8) is 0 Å². The van der Waals surface area contributed by atoms with Crippen LogP contribution in [-0.4, -0.2) is 4.57 Å². The fourth-order valence-corrected chi connectivity index (χ4v) is 6.29. The van der Waals surface area contributed by atoms with Crippen molar-refractivity contribution in [2.24, 2.45) is 0 Å². The molecule has 0 N–H and O–H groups in total. The fraction of sp³-hybridized carbons (Fsp3) is 0. The summed E-state index contributed by atoms with van der Waals surface area (Å²) in [6.07, 6.45) is 0. The highest BCUT2D eigenvalue weighted by molar-refractivity contribution is 6.14. The summed E-state index contributed by atoms with van der Waals surface area (Å²) >= 11 is 0. The summed E-state index contributed by atoms with van der Waals surface area (Å²) < 4.78 is 15.0. The molecule has 3 nitrogen and oxygen atoms in total. The van der Waals surface area contributed by atoms with Crippen molar-refractivity contribution < 1.29 is 8.83 Å². The van der Waals surface area contributed by atoms with E-state index in [-0.39, 0.29) is 0 Å². The lowest BCUT2D eigenvalue weighted by Gasteiger charge is -2.08. The molecule has 0 saturated carbocycles. The van der Waals surface area contributed by atoms with Crippen LogP contribution in [0.15, 0.2) is 136 Å². The number of nitrogens with zero attached hydrogens (tertiary/aromatic N) is 1. The van der Waals surface area contributed by atoms with E-state index in [0.29, 0.717) is 0 Å². The van der Waals surface area contributed by atoms with Crippen LogP contribution >= 0.6 is 0 Å². The highest BCUT2D eigenvalue weighted by Crippen LogP contribution is 2.40. The predicted octanol–water partition coefficient (Wildman–Crippen LogP) is 10.2. The van der Waals surface area contributed by atoms with Gasteiger partial charge in [-0.25, -0.2) is 0 Å². The van der Waals surface area contributed by atoms with Crippen LogP contribution in [0.3, 0.4) is 0 Å². The molecule has 3 aromatic heterocycles. The van der Waals surface area contributed by atoms with Crippen molar-refractivity contribution in [1.82, 2.24) is 4.57 Å². The molecule has 39 heavy (non-hydrogen) atoms. The molecule has 0 fully saturated rings. The van der Waals surface area contributed by atoms with Gasteiger partial charge in [0.15, 0.2) is 0 Å². The molecule has 0 unspecified atom stereocenters. The van der Waals surface area contributed by atoms with Gasteiger partial charge in [0, 0.05) is 44.1 Å². The molecule has 9 aromatic rings. The number of para-hydroxylation sites is 3. The molecular formula is C36H21NO2. The summed E-state index contributed by atoms with van der Waals surface area (Å²) in [6.45, 7) is 0. The first-order valence-electron chi connectivity index (χ1n) is 13.2. The van der Waals surface area contributed by atoms with Gasteiger partial charge in [-0.05, 0) is 59.7 Å². The molecule has 0 atom stereocenters. The van der Waals surface area contributed by atoms with Crippen LogP contribution in [0.2, 0.25) is 0 Å².